The number of furan rings is 1. The normalized spacial score (nSPS) is 10.3. The molecule has 0 amide bonds. The summed E-state index contributed by atoms with van der Waals surface area (Å²) in [6.07, 6.45) is 1.70. The van der Waals surface area contributed by atoms with Gasteiger partial charge < -0.3 is 9.15 Å². The quantitative estimate of drug-likeness (QED) is 0.801. The minimum atomic E-state index is 0.415. The molecule has 0 spiro atoms. The third-order valence-electron chi connectivity index (χ3n) is 1.89. The molecule has 0 saturated heterocycles. The minimum absolute atomic E-state index is 0.415. The van der Waals surface area contributed by atoms with E-state index in [-0.39, 0.29) is 0 Å². The minimum Gasteiger partial charge on any atom is -0.483 e. The molecule has 0 N–H and O–H groups in total. The van der Waals surface area contributed by atoms with Gasteiger partial charge in [-0.2, -0.15) is 0 Å². The second-order valence-electron chi connectivity index (χ2n) is 3.09. The Morgan fingerprint density at radius 3 is 2.93 bits per heavy atom. The van der Waals surface area contributed by atoms with Crippen LogP contribution in [0.15, 0.2) is 39.5 Å². The molecule has 15 heavy (non-hydrogen) atoms. The van der Waals surface area contributed by atoms with Crippen LogP contribution >= 0.6 is 15.9 Å². The zero-order valence-electron chi connectivity index (χ0n) is 8.24. The molecule has 0 radical (unpaired) electrons. The Hall–Kier alpha value is -1.29. The number of pyridine rings is 1. The van der Waals surface area contributed by atoms with E-state index in [4.69, 9.17) is 9.15 Å². The van der Waals surface area contributed by atoms with Gasteiger partial charge >= 0.3 is 0 Å². The standard InChI is InChI=1S/C11H10BrNO2/c1-8-4-5-9(15-8)7-14-10-3-2-6-13-11(10)12/h2-6H,7H2,1H3. The molecule has 0 fully saturated rings. The van der Waals surface area contributed by atoms with E-state index < -0.39 is 0 Å². The third-order valence-corrected chi connectivity index (χ3v) is 2.49. The number of hydrogen-bond donors (Lipinski definition) is 0. The molecule has 4 heteroatoms. The maximum atomic E-state index is 5.53. The molecule has 0 atom stereocenters. The van der Waals surface area contributed by atoms with Gasteiger partial charge in [0.1, 0.15) is 22.7 Å². The van der Waals surface area contributed by atoms with Crippen LogP contribution in [0.25, 0.3) is 0 Å². The van der Waals surface area contributed by atoms with E-state index in [2.05, 4.69) is 20.9 Å². The van der Waals surface area contributed by atoms with Crippen molar-refractivity contribution in [3.8, 4) is 5.75 Å². The topological polar surface area (TPSA) is 35.3 Å². The summed E-state index contributed by atoms with van der Waals surface area (Å²) in [5, 5.41) is 0. The smallest absolute Gasteiger partial charge is 0.152 e. The summed E-state index contributed by atoms with van der Waals surface area (Å²) in [6, 6.07) is 7.50. The van der Waals surface area contributed by atoms with Crippen molar-refractivity contribution in [1.29, 1.82) is 0 Å². The van der Waals surface area contributed by atoms with Gasteiger partial charge in [-0.15, -0.1) is 0 Å². The molecule has 0 saturated carbocycles. The first-order chi connectivity index (χ1) is 7.25. The average Bonchev–Trinajstić information content (AvgIpc) is 2.63. The molecule has 3 nitrogen and oxygen atoms in total. The highest BCUT2D eigenvalue weighted by molar-refractivity contribution is 9.10. The second-order valence-corrected chi connectivity index (χ2v) is 3.84. The summed E-state index contributed by atoms with van der Waals surface area (Å²) < 4.78 is 11.6. The largest absolute Gasteiger partial charge is 0.483 e. The highest BCUT2D eigenvalue weighted by atomic mass is 79.9. The van der Waals surface area contributed by atoms with Crippen molar-refractivity contribution in [3.05, 3.63) is 46.6 Å². The summed E-state index contributed by atoms with van der Waals surface area (Å²) in [5.41, 5.74) is 0. The SMILES string of the molecule is Cc1ccc(COc2cccnc2Br)o1. The summed E-state index contributed by atoms with van der Waals surface area (Å²) in [5.74, 6) is 2.41. The monoisotopic (exact) mass is 267 g/mol. The van der Waals surface area contributed by atoms with Gasteiger partial charge in [0.25, 0.3) is 0 Å². The predicted molar refractivity (Wildman–Crippen MR) is 59.7 cm³/mol. The zero-order chi connectivity index (χ0) is 10.7. The maximum Gasteiger partial charge on any atom is 0.152 e. The summed E-state index contributed by atoms with van der Waals surface area (Å²) in [4.78, 5) is 4.06. The van der Waals surface area contributed by atoms with E-state index >= 15 is 0 Å². The Bertz CT molecular complexity index is 453. The van der Waals surface area contributed by atoms with E-state index in [1.807, 2.05) is 31.2 Å². The van der Waals surface area contributed by atoms with Gasteiger partial charge in [-0.25, -0.2) is 4.98 Å². The van der Waals surface area contributed by atoms with Gasteiger partial charge in [0.05, 0.1) is 0 Å². The van der Waals surface area contributed by atoms with Crippen LogP contribution in [0, 0.1) is 6.92 Å². The summed E-state index contributed by atoms with van der Waals surface area (Å²) >= 11 is 3.31. The van der Waals surface area contributed by atoms with Crippen LogP contribution in [0.2, 0.25) is 0 Å². The van der Waals surface area contributed by atoms with E-state index in [0.717, 1.165) is 11.5 Å². The predicted octanol–water partition coefficient (Wildman–Crippen LogP) is 3.32. The van der Waals surface area contributed by atoms with Crippen molar-refractivity contribution in [2.45, 2.75) is 13.5 Å². The van der Waals surface area contributed by atoms with Crippen molar-refractivity contribution in [2.24, 2.45) is 0 Å². The Balaban J connectivity index is 2.02. The van der Waals surface area contributed by atoms with E-state index in [1.54, 1.807) is 6.20 Å². The fourth-order valence-corrected chi connectivity index (χ4v) is 1.56. The molecule has 0 unspecified atom stereocenters. The number of hydrogen-bond acceptors (Lipinski definition) is 3. The molecule has 2 aromatic heterocycles. The van der Waals surface area contributed by atoms with E-state index in [0.29, 0.717) is 17.0 Å². The van der Waals surface area contributed by atoms with Gasteiger partial charge in [0, 0.05) is 6.20 Å². The number of halogens is 1. The van der Waals surface area contributed by atoms with Crippen molar-refractivity contribution in [1.82, 2.24) is 4.98 Å². The van der Waals surface area contributed by atoms with E-state index in [1.165, 1.54) is 0 Å². The fourth-order valence-electron chi connectivity index (χ4n) is 1.19. The van der Waals surface area contributed by atoms with E-state index in [9.17, 15) is 0 Å². The highest BCUT2D eigenvalue weighted by Gasteiger charge is 2.03. The zero-order valence-corrected chi connectivity index (χ0v) is 9.82. The first-order valence-electron chi connectivity index (χ1n) is 4.54. The van der Waals surface area contributed by atoms with Crippen molar-refractivity contribution >= 4 is 15.9 Å². The van der Waals surface area contributed by atoms with Crippen LogP contribution in [-0.4, -0.2) is 4.98 Å². The first kappa shape index (κ1) is 10.2. The lowest BCUT2D eigenvalue weighted by atomic mass is 10.4. The molecule has 0 aliphatic heterocycles. The molecule has 0 aliphatic carbocycles. The van der Waals surface area contributed by atoms with Gasteiger partial charge in [-0.05, 0) is 47.1 Å². The van der Waals surface area contributed by atoms with Gasteiger partial charge in [0.2, 0.25) is 0 Å². The molecular weight excluding hydrogens is 258 g/mol. The first-order valence-corrected chi connectivity index (χ1v) is 5.33. The van der Waals surface area contributed by atoms with Crippen LogP contribution in [-0.2, 0) is 6.61 Å². The van der Waals surface area contributed by atoms with Crippen LogP contribution in [0.1, 0.15) is 11.5 Å². The fraction of sp³-hybridized carbons (Fsp3) is 0.182. The molecule has 2 rings (SSSR count). The van der Waals surface area contributed by atoms with Crippen LogP contribution in [0.3, 0.4) is 0 Å². The number of rotatable bonds is 3. The van der Waals surface area contributed by atoms with Crippen molar-refractivity contribution in [3.63, 3.8) is 0 Å². The Labute approximate surface area is 96.2 Å². The summed E-state index contributed by atoms with van der Waals surface area (Å²) in [6.45, 7) is 2.32. The third kappa shape index (κ3) is 2.59. The second kappa shape index (κ2) is 4.49. The molecular formula is C11H10BrNO2. The van der Waals surface area contributed by atoms with Crippen LogP contribution in [0.5, 0.6) is 5.75 Å². The lowest BCUT2D eigenvalue weighted by Crippen LogP contribution is -1.95. The maximum absolute atomic E-state index is 5.53. The molecule has 0 aromatic carbocycles. The van der Waals surface area contributed by atoms with Gasteiger partial charge in [-0.1, -0.05) is 0 Å². The Morgan fingerprint density at radius 2 is 2.27 bits per heavy atom. The lowest BCUT2D eigenvalue weighted by molar-refractivity contribution is 0.265. The van der Waals surface area contributed by atoms with Crippen molar-refractivity contribution in [2.75, 3.05) is 0 Å². The van der Waals surface area contributed by atoms with Crippen molar-refractivity contribution < 1.29 is 9.15 Å². The average molecular weight is 268 g/mol. The number of aromatic nitrogens is 1. The highest BCUT2D eigenvalue weighted by Crippen LogP contribution is 2.22. The number of aryl methyl sites for hydroxylation is 1. The Kier molecular flexibility index (Phi) is 3.06. The molecule has 0 aliphatic rings. The van der Waals surface area contributed by atoms with Crippen LogP contribution in [0.4, 0.5) is 0 Å². The molecule has 78 valence electrons. The number of nitrogens with zero attached hydrogens (tertiary/aromatic N) is 1. The number of ether oxygens (including phenoxy) is 1. The van der Waals surface area contributed by atoms with Gasteiger partial charge in [-0.3, -0.25) is 0 Å². The summed E-state index contributed by atoms with van der Waals surface area (Å²) in [7, 11) is 0. The van der Waals surface area contributed by atoms with Gasteiger partial charge in [0.15, 0.2) is 5.75 Å². The lowest BCUT2D eigenvalue weighted by Gasteiger charge is -2.04. The van der Waals surface area contributed by atoms with Crippen LogP contribution < -0.4 is 4.74 Å². The molecule has 2 aromatic rings. The molecule has 0 bridgehead atoms. The molecule has 2 heterocycles. The Morgan fingerprint density at radius 1 is 1.40 bits per heavy atom.